The first-order valence-corrected chi connectivity index (χ1v) is 7.46. The van der Waals surface area contributed by atoms with Crippen molar-refractivity contribution in [3.63, 3.8) is 0 Å². The molecule has 1 aliphatic rings. The van der Waals surface area contributed by atoms with Crippen molar-refractivity contribution in [3.05, 3.63) is 29.3 Å². The highest BCUT2D eigenvalue weighted by Gasteiger charge is 2.23. The third-order valence-electron chi connectivity index (χ3n) is 3.46. The maximum Gasteiger partial charge on any atom is 0.321 e. The molecule has 0 aliphatic carbocycles. The molecule has 1 N–H and O–H groups in total. The molecule has 0 radical (unpaired) electrons. The zero-order valence-electron chi connectivity index (χ0n) is 11.8. The van der Waals surface area contributed by atoms with Crippen molar-refractivity contribution in [1.29, 1.82) is 0 Å². The van der Waals surface area contributed by atoms with Crippen LogP contribution in [0.15, 0.2) is 24.3 Å². The zero-order chi connectivity index (χ0) is 14.4. The Morgan fingerprint density at radius 2 is 2.20 bits per heavy atom. The van der Waals surface area contributed by atoms with Crippen LogP contribution >= 0.6 is 11.6 Å². The molecule has 2 rings (SSSR count). The SMILES string of the molecule is CCOCC1CCCN(C(=O)Nc2ccc(Cl)cc2)C1. The molecule has 0 bridgehead atoms. The molecule has 1 heterocycles. The summed E-state index contributed by atoms with van der Waals surface area (Å²) in [5.41, 5.74) is 0.770. The van der Waals surface area contributed by atoms with E-state index in [0.717, 1.165) is 44.8 Å². The van der Waals surface area contributed by atoms with E-state index in [0.29, 0.717) is 10.9 Å². The lowest BCUT2D eigenvalue weighted by molar-refractivity contribution is 0.0777. The number of piperidine rings is 1. The van der Waals surface area contributed by atoms with Crippen molar-refractivity contribution >= 4 is 23.3 Å². The van der Waals surface area contributed by atoms with E-state index in [4.69, 9.17) is 16.3 Å². The first-order valence-electron chi connectivity index (χ1n) is 7.08. The number of nitrogens with zero attached hydrogens (tertiary/aromatic N) is 1. The van der Waals surface area contributed by atoms with E-state index in [1.54, 1.807) is 12.1 Å². The minimum atomic E-state index is -0.0477. The summed E-state index contributed by atoms with van der Waals surface area (Å²) in [6.07, 6.45) is 2.16. The molecule has 1 saturated heterocycles. The van der Waals surface area contributed by atoms with Crippen molar-refractivity contribution in [3.8, 4) is 0 Å². The van der Waals surface area contributed by atoms with Crippen LogP contribution in [-0.2, 0) is 4.74 Å². The lowest BCUT2D eigenvalue weighted by Gasteiger charge is -2.32. The molecule has 1 fully saturated rings. The molecule has 2 amide bonds. The maximum absolute atomic E-state index is 12.2. The molecular weight excluding hydrogens is 276 g/mol. The minimum Gasteiger partial charge on any atom is -0.381 e. The molecule has 0 aromatic heterocycles. The van der Waals surface area contributed by atoms with Gasteiger partial charge in [-0.1, -0.05) is 11.6 Å². The summed E-state index contributed by atoms with van der Waals surface area (Å²) in [6.45, 7) is 5.03. The molecule has 20 heavy (non-hydrogen) atoms. The van der Waals surface area contributed by atoms with Crippen LogP contribution in [0.4, 0.5) is 10.5 Å². The first-order chi connectivity index (χ1) is 9.69. The number of ether oxygens (including phenoxy) is 1. The molecule has 1 unspecified atom stereocenters. The van der Waals surface area contributed by atoms with Gasteiger partial charge in [0, 0.05) is 36.3 Å². The van der Waals surface area contributed by atoms with E-state index in [1.165, 1.54) is 0 Å². The van der Waals surface area contributed by atoms with Gasteiger partial charge in [0.15, 0.2) is 0 Å². The van der Waals surface area contributed by atoms with Crippen molar-refractivity contribution in [2.75, 3.05) is 31.6 Å². The summed E-state index contributed by atoms with van der Waals surface area (Å²) in [5, 5.41) is 3.57. The largest absolute Gasteiger partial charge is 0.381 e. The van der Waals surface area contributed by atoms with Gasteiger partial charge in [0.05, 0.1) is 6.61 Å². The van der Waals surface area contributed by atoms with E-state index in [2.05, 4.69) is 5.32 Å². The van der Waals surface area contributed by atoms with Crippen LogP contribution in [0.2, 0.25) is 5.02 Å². The molecule has 1 aromatic carbocycles. The second-order valence-electron chi connectivity index (χ2n) is 5.05. The number of urea groups is 1. The number of benzene rings is 1. The molecule has 1 aromatic rings. The van der Waals surface area contributed by atoms with Gasteiger partial charge < -0.3 is 15.0 Å². The highest BCUT2D eigenvalue weighted by Crippen LogP contribution is 2.19. The summed E-state index contributed by atoms with van der Waals surface area (Å²) in [5.74, 6) is 0.444. The number of carbonyl (C=O) groups excluding carboxylic acids is 1. The lowest BCUT2D eigenvalue weighted by atomic mass is 9.99. The second-order valence-corrected chi connectivity index (χ2v) is 5.49. The van der Waals surface area contributed by atoms with Gasteiger partial charge in [0.2, 0.25) is 0 Å². The predicted octanol–water partition coefficient (Wildman–Crippen LogP) is 3.62. The predicted molar refractivity (Wildman–Crippen MR) is 81.3 cm³/mol. The van der Waals surface area contributed by atoms with Crippen LogP contribution in [0.1, 0.15) is 19.8 Å². The number of hydrogen-bond acceptors (Lipinski definition) is 2. The lowest BCUT2D eigenvalue weighted by Crippen LogP contribution is -2.43. The van der Waals surface area contributed by atoms with Crippen LogP contribution in [-0.4, -0.2) is 37.2 Å². The van der Waals surface area contributed by atoms with Gasteiger partial charge >= 0.3 is 6.03 Å². The molecule has 1 atom stereocenters. The highest BCUT2D eigenvalue weighted by molar-refractivity contribution is 6.30. The van der Waals surface area contributed by atoms with Gasteiger partial charge in [-0.25, -0.2) is 4.79 Å². The summed E-state index contributed by atoms with van der Waals surface area (Å²) >= 11 is 5.83. The topological polar surface area (TPSA) is 41.6 Å². The number of carbonyl (C=O) groups is 1. The average Bonchev–Trinajstić information content (AvgIpc) is 2.48. The number of nitrogens with one attached hydrogen (secondary N) is 1. The molecule has 1 aliphatic heterocycles. The van der Waals surface area contributed by atoms with Crippen molar-refractivity contribution < 1.29 is 9.53 Å². The number of rotatable bonds is 4. The fourth-order valence-corrected chi connectivity index (χ4v) is 2.53. The Bertz CT molecular complexity index is 436. The van der Waals surface area contributed by atoms with Crippen molar-refractivity contribution in [2.45, 2.75) is 19.8 Å². The van der Waals surface area contributed by atoms with E-state index < -0.39 is 0 Å². The van der Waals surface area contributed by atoms with E-state index in [1.807, 2.05) is 24.0 Å². The van der Waals surface area contributed by atoms with Crippen molar-refractivity contribution in [2.24, 2.45) is 5.92 Å². The number of hydrogen-bond donors (Lipinski definition) is 1. The molecule has 110 valence electrons. The third kappa shape index (κ3) is 4.39. The smallest absolute Gasteiger partial charge is 0.321 e. The molecule has 5 heteroatoms. The van der Waals surface area contributed by atoms with Crippen LogP contribution in [0.3, 0.4) is 0 Å². The summed E-state index contributed by atoms with van der Waals surface area (Å²) in [7, 11) is 0. The number of anilines is 1. The molecule has 4 nitrogen and oxygen atoms in total. The van der Waals surface area contributed by atoms with Crippen LogP contribution < -0.4 is 5.32 Å². The Kier molecular flexibility index (Phi) is 5.68. The highest BCUT2D eigenvalue weighted by atomic mass is 35.5. The quantitative estimate of drug-likeness (QED) is 0.922. The van der Waals surface area contributed by atoms with Gasteiger partial charge in [-0.2, -0.15) is 0 Å². The Morgan fingerprint density at radius 1 is 1.45 bits per heavy atom. The Labute approximate surface area is 125 Å². The second kappa shape index (κ2) is 7.50. The monoisotopic (exact) mass is 296 g/mol. The van der Waals surface area contributed by atoms with Crippen molar-refractivity contribution in [1.82, 2.24) is 4.90 Å². The van der Waals surface area contributed by atoms with Gasteiger partial charge in [-0.15, -0.1) is 0 Å². The third-order valence-corrected chi connectivity index (χ3v) is 3.71. The molecule has 0 spiro atoms. The van der Waals surface area contributed by atoms with Crippen LogP contribution in [0.25, 0.3) is 0 Å². The van der Waals surface area contributed by atoms with Gasteiger partial charge in [-0.3, -0.25) is 0 Å². The van der Waals surface area contributed by atoms with Gasteiger partial charge in [0.25, 0.3) is 0 Å². The van der Waals surface area contributed by atoms with E-state index in [-0.39, 0.29) is 6.03 Å². The molecular formula is C15H21ClN2O2. The fraction of sp³-hybridized carbons (Fsp3) is 0.533. The normalized spacial score (nSPS) is 18.9. The first kappa shape index (κ1) is 15.1. The Balaban J connectivity index is 1.86. The Hall–Kier alpha value is -1.26. The number of amides is 2. The zero-order valence-corrected chi connectivity index (χ0v) is 12.5. The van der Waals surface area contributed by atoms with E-state index in [9.17, 15) is 4.79 Å². The van der Waals surface area contributed by atoms with Gasteiger partial charge in [0.1, 0.15) is 0 Å². The fourth-order valence-electron chi connectivity index (χ4n) is 2.41. The van der Waals surface area contributed by atoms with Crippen LogP contribution in [0, 0.1) is 5.92 Å². The Morgan fingerprint density at radius 3 is 2.90 bits per heavy atom. The number of likely N-dealkylation sites (tertiary alicyclic amines) is 1. The summed E-state index contributed by atoms with van der Waals surface area (Å²) in [4.78, 5) is 14.1. The number of halogens is 1. The standard InChI is InChI=1S/C15H21ClN2O2/c1-2-20-11-12-4-3-9-18(10-12)15(19)17-14-7-5-13(16)6-8-14/h5-8,12H,2-4,9-11H2,1H3,(H,17,19). The molecule has 0 saturated carbocycles. The van der Waals surface area contributed by atoms with E-state index >= 15 is 0 Å². The summed E-state index contributed by atoms with van der Waals surface area (Å²) in [6, 6.07) is 7.11. The minimum absolute atomic E-state index is 0.0477. The van der Waals surface area contributed by atoms with Gasteiger partial charge in [-0.05, 0) is 44.0 Å². The average molecular weight is 297 g/mol. The maximum atomic E-state index is 12.2. The van der Waals surface area contributed by atoms with Crippen LogP contribution in [0.5, 0.6) is 0 Å². The summed E-state index contributed by atoms with van der Waals surface area (Å²) < 4.78 is 5.46.